The van der Waals surface area contributed by atoms with Crippen LogP contribution < -0.4 is 5.32 Å². The van der Waals surface area contributed by atoms with Gasteiger partial charge in [-0.2, -0.15) is 0 Å². The molecule has 0 radical (unpaired) electrons. The van der Waals surface area contributed by atoms with Crippen LogP contribution in [0.3, 0.4) is 0 Å². The highest BCUT2D eigenvalue weighted by atomic mass is 35.5. The van der Waals surface area contributed by atoms with Crippen molar-refractivity contribution in [2.45, 2.75) is 57.4 Å². The van der Waals surface area contributed by atoms with Crippen LogP contribution in [0.1, 0.15) is 51.9 Å². The van der Waals surface area contributed by atoms with Gasteiger partial charge in [0, 0.05) is 6.42 Å². The van der Waals surface area contributed by atoms with E-state index < -0.39 is 0 Å². The van der Waals surface area contributed by atoms with Crippen LogP contribution in [0.5, 0.6) is 0 Å². The fourth-order valence-corrected chi connectivity index (χ4v) is 2.45. The molecule has 14 heavy (non-hydrogen) atoms. The number of nitrogens with zero attached hydrogens (tertiary/aromatic N) is 1. The Kier molecular flexibility index (Phi) is 4.24. The van der Waals surface area contributed by atoms with E-state index in [4.69, 9.17) is 0 Å². The van der Waals surface area contributed by atoms with Crippen LogP contribution in [0, 0.1) is 0 Å². The molecule has 1 aliphatic heterocycles. The van der Waals surface area contributed by atoms with Gasteiger partial charge in [0.25, 0.3) is 0 Å². The van der Waals surface area contributed by atoms with Gasteiger partial charge < -0.3 is 5.32 Å². The van der Waals surface area contributed by atoms with Crippen molar-refractivity contribution in [3.05, 3.63) is 0 Å². The summed E-state index contributed by atoms with van der Waals surface area (Å²) in [6, 6.07) is 0. The van der Waals surface area contributed by atoms with Gasteiger partial charge in [-0.3, -0.25) is 4.99 Å². The molecule has 0 atom stereocenters. The van der Waals surface area contributed by atoms with Crippen LogP contribution in [0.4, 0.5) is 0 Å². The Hall–Kier alpha value is -0.240. The van der Waals surface area contributed by atoms with Crippen LogP contribution in [-0.2, 0) is 0 Å². The number of aliphatic imine (C=N–C) groups is 1. The van der Waals surface area contributed by atoms with Gasteiger partial charge in [-0.25, -0.2) is 0 Å². The molecule has 2 nitrogen and oxygen atoms in total. The van der Waals surface area contributed by atoms with Gasteiger partial charge >= 0.3 is 0 Å². The van der Waals surface area contributed by atoms with E-state index in [1.165, 1.54) is 44.4 Å². The fraction of sp³-hybridized carbons (Fsp3) is 0.909. The van der Waals surface area contributed by atoms with Gasteiger partial charge in [0.1, 0.15) is 0 Å². The molecular formula is C11H21ClN2. The molecule has 0 saturated heterocycles. The Morgan fingerprint density at radius 1 is 1.36 bits per heavy atom. The first-order valence-corrected chi connectivity index (χ1v) is 5.66. The van der Waals surface area contributed by atoms with E-state index in [-0.39, 0.29) is 12.4 Å². The maximum absolute atomic E-state index is 4.61. The second kappa shape index (κ2) is 5.01. The predicted molar refractivity (Wildman–Crippen MR) is 63.4 cm³/mol. The summed E-state index contributed by atoms with van der Waals surface area (Å²) < 4.78 is 0. The number of hydrogen-bond donors (Lipinski definition) is 1. The van der Waals surface area contributed by atoms with Crippen LogP contribution >= 0.6 is 12.4 Å². The third-order valence-electron chi connectivity index (χ3n) is 3.31. The summed E-state index contributed by atoms with van der Waals surface area (Å²) >= 11 is 0. The molecule has 3 heteroatoms. The molecule has 0 aromatic carbocycles. The molecule has 0 aromatic heterocycles. The van der Waals surface area contributed by atoms with E-state index >= 15 is 0 Å². The lowest BCUT2D eigenvalue weighted by molar-refractivity contribution is 0.425. The normalized spacial score (nSPS) is 23.1. The van der Waals surface area contributed by atoms with Crippen molar-refractivity contribution in [3.63, 3.8) is 0 Å². The third kappa shape index (κ3) is 2.41. The number of hydrogen-bond acceptors (Lipinski definition) is 2. The molecule has 1 aliphatic carbocycles. The van der Waals surface area contributed by atoms with E-state index in [1.54, 1.807) is 0 Å². The zero-order valence-corrected chi connectivity index (χ0v) is 9.83. The summed E-state index contributed by atoms with van der Waals surface area (Å²) in [7, 11) is 0. The van der Waals surface area contributed by atoms with Gasteiger partial charge in [0.05, 0.1) is 17.9 Å². The number of unbranched alkanes of at least 4 members (excludes halogenated alkanes) is 1. The molecule has 0 bridgehead atoms. The maximum Gasteiger partial charge on any atom is 0.0969 e. The summed E-state index contributed by atoms with van der Waals surface area (Å²) in [6.45, 7) is 3.28. The van der Waals surface area contributed by atoms with Gasteiger partial charge in [0.15, 0.2) is 0 Å². The summed E-state index contributed by atoms with van der Waals surface area (Å²) in [6.07, 6.45) is 9.18. The second-order valence-electron chi connectivity index (χ2n) is 4.48. The number of rotatable bonds is 3. The predicted octanol–water partition coefficient (Wildman–Crippen LogP) is 2.91. The molecule has 2 rings (SSSR count). The summed E-state index contributed by atoms with van der Waals surface area (Å²) in [5.41, 5.74) is 0.406. The summed E-state index contributed by atoms with van der Waals surface area (Å²) in [4.78, 5) is 4.61. The van der Waals surface area contributed by atoms with Crippen LogP contribution in [0.15, 0.2) is 4.99 Å². The fourth-order valence-electron chi connectivity index (χ4n) is 2.45. The summed E-state index contributed by atoms with van der Waals surface area (Å²) in [5.74, 6) is 1.28. The zero-order valence-electron chi connectivity index (χ0n) is 9.01. The SMILES string of the molecule is CCCCC1=NCC2(CCCC2)N1.Cl. The Morgan fingerprint density at radius 3 is 2.71 bits per heavy atom. The molecule has 0 unspecified atom stereocenters. The Morgan fingerprint density at radius 2 is 2.07 bits per heavy atom. The van der Waals surface area contributed by atoms with E-state index in [1.807, 2.05) is 0 Å². The minimum atomic E-state index is 0. The van der Waals surface area contributed by atoms with Crippen molar-refractivity contribution >= 4 is 18.2 Å². The van der Waals surface area contributed by atoms with Crippen molar-refractivity contribution in [3.8, 4) is 0 Å². The smallest absolute Gasteiger partial charge is 0.0969 e. The number of halogens is 1. The van der Waals surface area contributed by atoms with Crippen molar-refractivity contribution < 1.29 is 0 Å². The lowest BCUT2D eigenvalue weighted by Gasteiger charge is -2.23. The minimum Gasteiger partial charge on any atom is -0.367 e. The average Bonchev–Trinajstić information content (AvgIpc) is 2.74. The highest BCUT2D eigenvalue weighted by Gasteiger charge is 2.37. The van der Waals surface area contributed by atoms with Crippen LogP contribution in [-0.4, -0.2) is 17.9 Å². The Labute approximate surface area is 93.0 Å². The number of nitrogens with one attached hydrogen (secondary N) is 1. The second-order valence-corrected chi connectivity index (χ2v) is 4.48. The largest absolute Gasteiger partial charge is 0.367 e. The van der Waals surface area contributed by atoms with E-state index in [9.17, 15) is 0 Å². The Bertz CT molecular complexity index is 207. The first kappa shape index (κ1) is 11.8. The lowest BCUT2D eigenvalue weighted by atomic mass is 9.99. The van der Waals surface area contributed by atoms with E-state index in [0.717, 1.165) is 13.0 Å². The minimum absolute atomic E-state index is 0. The van der Waals surface area contributed by atoms with Crippen molar-refractivity contribution in [2.24, 2.45) is 4.99 Å². The van der Waals surface area contributed by atoms with Crippen molar-refractivity contribution in [1.29, 1.82) is 0 Å². The monoisotopic (exact) mass is 216 g/mol. The van der Waals surface area contributed by atoms with E-state index in [2.05, 4.69) is 17.2 Å². The third-order valence-corrected chi connectivity index (χ3v) is 3.31. The van der Waals surface area contributed by atoms with Gasteiger partial charge in [-0.15, -0.1) is 12.4 Å². The molecular weight excluding hydrogens is 196 g/mol. The molecule has 1 N–H and O–H groups in total. The molecule has 0 aromatic rings. The molecule has 1 fully saturated rings. The first-order chi connectivity index (χ1) is 6.35. The van der Waals surface area contributed by atoms with Crippen LogP contribution in [0.2, 0.25) is 0 Å². The standard InChI is InChI=1S/C11H20N2.ClH/c1-2-3-6-10-12-9-11(13-10)7-4-5-8-11;/h2-9H2,1H3,(H,12,13);1H. The van der Waals surface area contributed by atoms with Gasteiger partial charge in [-0.1, -0.05) is 26.2 Å². The molecule has 82 valence electrons. The molecule has 1 heterocycles. The van der Waals surface area contributed by atoms with Crippen molar-refractivity contribution in [2.75, 3.05) is 6.54 Å². The molecule has 2 aliphatic rings. The van der Waals surface area contributed by atoms with Gasteiger partial charge in [0.2, 0.25) is 0 Å². The topological polar surface area (TPSA) is 24.4 Å². The van der Waals surface area contributed by atoms with Crippen LogP contribution in [0.25, 0.3) is 0 Å². The lowest BCUT2D eigenvalue weighted by Crippen LogP contribution is -2.42. The highest BCUT2D eigenvalue weighted by Crippen LogP contribution is 2.32. The van der Waals surface area contributed by atoms with Crippen molar-refractivity contribution in [1.82, 2.24) is 5.32 Å². The average molecular weight is 217 g/mol. The van der Waals surface area contributed by atoms with E-state index in [0.29, 0.717) is 5.54 Å². The quantitative estimate of drug-likeness (QED) is 0.771. The molecule has 0 amide bonds. The highest BCUT2D eigenvalue weighted by molar-refractivity contribution is 5.85. The summed E-state index contributed by atoms with van der Waals surface area (Å²) in [5, 5.41) is 3.65. The van der Waals surface area contributed by atoms with Gasteiger partial charge in [-0.05, 0) is 19.3 Å². The molecule has 1 saturated carbocycles. The Balaban J connectivity index is 0.000000980. The number of amidine groups is 1. The first-order valence-electron chi connectivity index (χ1n) is 5.66. The molecule has 1 spiro atoms. The maximum atomic E-state index is 4.61. The zero-order chi connectivity index (χ0) is 9.15.